The molecule has 0 saturated heterocycles. The van der Waals surface area contributed by atoms with Gasteiger partial charge in [-0.1, -0.05) is 38.4 Å². The summed E-state index contributed by atoms with van der Waals surface area (Å²) < 4.78 is 22.6. The Labute approximate surface area is 196 Å². The Morgan fingerprint density at radius 2 is 2.06 bits per heavy atom. The Balaban J connectivity index is 1.85. The standard InChI is InChI=1S/C23H22ClFN8/c1-23(2,3)12-29-20-14(8-26)10-28-22-16(20)6-15(7-17(22)24)31-21(18-11-30-33-32-18)13-4-5-19(25)27-9-13/h4-7,9-11,21,31H,12H2,1-3H3,(H,28,29)(H,30,32,33)/i21D. The van der Waals surface area contributed by atoms with E-state index in [0.29, 0.717) is 45.0 Å². The highest BCUT2D eigenvalue weighted by Crippen LogP contribution is 2.35. The van der Waals surface area contributed by atoms with E-state index in [9.17, 15) is 11.0 Å². The maximum absolute atomic E-state index is 13.5. The van der Waals surface area contributed by atoms with Crippen LogP contribution in [0, 0.1) is 22.7 Å². The average molecular weight is 466 g/mol. The van der Waals surface area contributed by atoms with Gasteiger partial charge in [-0.05, 0) is 29.2 Å². The molecule has 0 aliphatic rings. The fourth-order valence-corrected chi connectivity index (χ4v) is 3.50. The molecule has 3 aromatic heterocycles. The molecule has 1 aromatic carbocycles. The number of nitriles is 1. The number of aromatic amines is 1. The molecule has 0 saturated carbocycles. The van der Waals surface area contributed by atoms with E-state index in [1.165, 1.54) is 30.7 Å². The minimum atomic E-state index is -1.66. The summed E-state index contributed by atoms with van der Waals surface area (Å²) in [5.74, 6) is -0.662. The molecule has 0 fully saturated rings. The molecule has 1 unspecified atom stereocenters. The number of fused-ring (bicyclic) bond motifs is 1. The van der Waals surface area contributed by atoms with E-state index >= 15 is 0 Å². The van der Waals surface area contributed by atoms with Crippen molar-refractivity contribution in [2.45, 2.75) is 26.8 Å². The van der Waals surface area contributed by atoms with Gasteiger partial charge in [-0.3, -0.25) is 4.98 Å². The van der Waals surface area contributed by atoms with Gasteiger partial charge in [0.1, 0.15) is 11.8 Å². The molecule has 1 atom stereocenters. The lowest BCUT2D eigenvalue weighted by atomic mass is 9.96. The van der Waals surface area contributed by atoms with E-state index < -0.39 is 12.0 Å². The van der Waals surface area contributed by atoms with Crippen molar-refractivity contribution in [1.82, 2.24) is 25.4 Å². The van der Waals surface area contributed by atoms with Crippen molar-refractivity contribution < 1.29 is 5.76 Å². The lowest BCUT2D eigenvalue weighted by Crippen LogP contribution is -2.20. The molecule has 0 aliphatic heterocycles. The van der Waals surface area contributed by atoms with Crippen molar-refractivity contribution in [2.75, 3.05) is 17.2 Å². The summed E-state index contributed by atoms with van der Waals surface area (Å²) in [5, 5.41) is 27.5. The minimum absolute atomic E-state index is 0.0408. The first kappa shape index (κ1) is 21.1. The number of H-pyrrole nitrogens is 1. The molecule has 0 spiro atoms. The number of pyridine rings is 2. The molecule has 4 aromatic rings. The monoisotopic (exact) mass is 465 g/mol. The highest BCUT2D eigenvalue weighted by Gasteiger charge is 2.20. The van der Waals surface area contributed by atoms with Gasteiger partial charge < -0.3 is 10.6 Å². The Kier molecular flexibility index (Phi) is 5.75. The number of nitrogens with one attached hydrogen (secondary N) is 3. The summed E-state index contributed by atoms with van der Waals surface area (Å²) >= 11 is 6.57. The van der Waals surface area contributed by atoms with E-state index in [1.807, 2.05) is 0 Å². The summed E-state index contributed by atoms with van der Waals surface area (Å²) in [6.45, 7) is 6.86. The molecule has 3 heterocycles. The first-order valence-corrected chi connectivity index (χ1v) is 10.5. The molecule has 168 valence electrons. The number of nitrogens with zero attached hydrogens (tertiary/aromatic N) is 5. The third-order valence-electron chi connectivity index (χ3n) is 4.80. The molecule has 3 N–H and O–H groups in total. The second-order valence-electron chi connectivity index (χ2n) is 8.65. The van der Waals surface area contributed by atoms with Gasteiger partial charge in [-0.2, -0.15) is 25.1 Å². The van der Waals surface area contributed by atoms with Crippen LogP contribution in [0.5, 0.6) is 0 Å². The Morgan fingerprint density at radius 3 is 2.70 bits per heavy atom. The van der Waals surface area contributed by atoms with Crippen molar-refractivity contribution in [2.24, 2.45) is 5.41 Å². The van der Waals surface area contributed by atoms with Crippen LogP contribution in [0.25, 0.3) is 10.9 Å². The van der Waals surface area contributed by atoms with Gasteiger partial charge in [0.25, 0.3) is 0 Å². The van der Waals surface area contributed by atoms with Gasteiger partial charge in [0, 0.05) is 30.0 Å². The summed E-state index contributed by atoms with van der Waals surface area (Å²) in [5.41, 5.74) is 2.51. The third kappa shape index (κ3) is 5.02. The van der Waals surface area contributed by atoms with Gasteiger partial charge in [0.05, 0.1) is 35.4 Å². The van der Waals surface area contributed by atoms with Crippen LogP contribution in [0.3, 0.4) is 0 Å². The van der Waals surface area contributed by atoms with Crippen LogP contribution < -0.4 is 10.6 Å². The second kappa shape index (κ2) is 9.00. The van der Waals surface area contributed by atoms with Gasteiger partial charge >= 0.3 is 0 Å². The third-order valence-corrected chi connectivity index (χ3v) is 5.09. The van der Waals surface area contributed by atoms with E-state index in [-0.39, 0.29) is 11.1 Å². The van der Waals surface area contributed by atoms with E-state index in [0.717, 1.165) is 0 Å². The van der Waals surface area contributed by atoms with Crippen molar-refractivity contribution in [3.63, 3.8) is 0 Å². The quantitative estimate of drug-likeness (QED) is 0.340. The zero-order chi connectivity index (χ0) is 24.5. The van der Waals surface area contributed by atoms with Crippen molar-refractivity contribution in [1.29, 1.82) is 5.26 Å². The summed E-state index contributed by atoms with van der Waals surface area (Å²) in [6, 6.07) is 6.53. The fourth-order valence-electron chi connectivity index (χ4n) is 3.23. The summed E-state index contributed by atoms with van der Waals surface area (Å²) in [4.78, 5) is 8.05. The number of halogens is 2. The lowest BCUT2D eigenvalue weighted by molar-refractivity contribution is 0.443. The zero-order valence-electron chi connectivity index (χ0n) is 19.2. The first-order valence-electron chi connectivity index (χ1n) is 10.6. The number of anilines is 2. The molecule has 0 amide bonds. The van der Waals surface area contributed by atoms with E-state index in [2.05, 4.69) is 62.9 Å². The Morgan fingerprint density at radius 1 is 1.24 bits per heavy atom. The number of rotatable bonds is 6. The smallest absolute Gasteiger partial charge is 0.212 e. The topological polar surface area (TPSA) is 115 Å². The number of hydrogen-bond acceptors (Lipinski definition) is 7. The molecule has 4 rings (SSSR count). The summed E-state index contributed by atoms with van der Waals surface area (Å²) in [6.07, 6.45) is 4.15. The molecular formula is C23H22ClFN8. The van der Waals surface area contributed by atoms with Crippen molar-refractivity contribution in [3.05, 3.63) is 70.6 Å². The Hall–Kier alpha value is -3.77. The second-order valence-corrected chi connectivity index (χ2v) is 9.06. The van der Waals surface area contributed by atoms with Crippen molar-refractivity contribution in [3.8, 4) is 6.07 Å². The van der Waals surface area contributed by atoms with E-state index in [4.69, 9.17) is 11.6 Å². The molecule has 10 heteroatoms. The predicted molar refractivity (Wildman–Crippen MR) is 125 cm³/mol. The van der Waals surface area contributed by atoms with Gasteiger partial charge in [0.2, 0.25) is 5.95 Å². The highest BCUT2D eigenvalue weighted by molar-refractivity contribution is 6.35. The van der Waals surface area contributed by atoms with Crippen molar-refractivity contribution >= 4 is 33.9 Å². The number of hydrogen-bond donors (Lipinski definition) is 3. The summed E-state index contributed by atoms with van der Waals surface area (Å²) in [7, 11) is 0. The van der Waals surface area contributed by atoms with Crippen LogP contribution in [0.1, 0.15) is 45.0 Å². The normalized spacial score (nSPS) is 13.8. The number of aromatic nitrogens is 5. The highest BCUT2D eigenvalue weighted by atomic mass is 35.5. The molecule has 8 nitrogen and oxygen atoms in total. The fraction of sp³-hybridized carbons (Fsp3) is 0.261. The van der Waals surface area contributed by atoms with Crippen LogP contribution >= 0.6 is 11.6 Å². The van der Waals surface area contributed by atoms with Crippen LogP contribution in [0.2, 0.25) is 5.02 Å². The molecule has 0 radical (unpaired) electrons. The minimum Gasteiger partial charge on any atom is -0.383 e. The molecule has 33 heavy (non-hydrogen) atoms. The molecular weight excluding hydrogens is 443 g/mol. The number of benzene rings is 1. The largest absolute Gasteiger partial charge is 0.383 e. The first-order chi connectivity index (χ1) is 16.1. The van der Waals surface area contributed by atoms with Gasteiger partial charge in [-0.25, -0.2) is 4.98 Å². The predicted octanol–water partition coefficient (Wildman–Crippen LogP) is 5.07. The van der Waals surface area contributed by atoms with Crippen LogP contribution in [0.4, 0.5) is 15.8 Å². The SMILES string of the molecule is [2H]C(Nc1cc(Cl)c2ncc(C#N)c(NCC(C)(C)C)c2c1)(c1ccc(F)nc1)c1cn[nH]n1. The molecule has 0 bridgehead atoms. The van der Waals surface area contributed by atoms with Crippen LogP contribution in [0.15, 0.2) is 42.9 Å². The van der Waals surface area contributed by atoms with Crippen LogP contribution in [-0.2, 0) is 0 Å². The van der Waals surface area contributed by atoms with E-state index in [1.54, 1.807) is 12.1 Å². The van der Waals surface area contributed by atoms with Gasteiger partial charge in [-0.15, -0.1) is 0 Å². The maximum Gasteiger partial charge on any atom is 0.212 e. The maximum atomic E-state index is 13.5. The van der Waals surface area contributed by atoms with Crippen LogP contribution in [-0.4, -0.2) is 31.9 Å². The lowest BCUT2D eigenvalue weighted by Gasteiger charge is -2.22. The molecule has 0 aliphatic carbocycles. The van der Waals surface area contributed by atoms with Gasteiger partial charge in [0.15, 0.2) is 0 Å². The zero-order valence-corrected chi connectivity index (χ0v) is 19.0. The Bertz CT molecular complexity index is 1360. The average Bonchev–Trinajstić information content (AvgIpc) is 3.33.